The third-order valence-corrected chi connectivity index (χ3v) is 5.81. The first-order valence-corrected chi connectivity index (χ1v) is 10.4. The minimum absolute atomic E-state index is 0.679. The molecule has 0 radical (unpaired) electrons. The van der Waals surface area contributed by atoms with E-state index in [-0.39, 0.29) is 0 Å². The molecule has 4 aromatic rings. The Morgan fingerprint density at radius 2 is 1.76 bits per heavy atom. The van der Waals surface area contributed by atoms with Gasteiger partial charge < -0.3 is 14.3 Å². The molecular weight excluding hydrogens is 382 g/mol. The molecule has 0 saturated heterocycles. The molecule has 0 N–H and O–H groups in total. The second-order valence-electron chi connectivity index (χ2n) is 7.56. The van der Waals surface area contributed by atoms with Crippen LogP contribution in [0.1, 0.15) is 22.8 Å². The molecule has 6 nitrogen and oxygen atoms in total. The van der Waals surface area contributed by atoms with E-state index in [4.69, 9.17) is 14.5 Å². The summed E-state index contributed by atoms with van der Waals surface area (Å²) in [5, 5.41) is 7.38. The first kappa shape index (κ1) is 19.5. The second-order valence-corrected chi connectivity index (χ2v) is 8.41. The summed E-state index contributed by atoms with van der Waals surface area (Å²) in [6.45, 7) is 5.31. The summed E-state index contributed by atoms with van der Waals surface area (Å²) in [5.41, 5.74) is 4.36. The van der Waals surface area contributed by atoms with Gasteiger partial charge in [0.15, 0.2) is 0 Å². The topological polar surface area (TPSA) is 58.3 Å². The van der Waals surface area contributed by atoms with Gasteiger partial charge in [0.2, 0.25) is 0 Å². The first-order chi connectivity index (χ1) is 13.9. The van der Waals surface area contributed by atoms with Gasteiger partial charge in [0, 0.05) is 30.1 Å². The van der Waals surface area contributed by atoms with Crippen molar-refractivity contribution < 1.29 is 4.52 Å². The Hall–Kier alpha value is -2.77. The Morgan fingerprint density at radius 1 is 1.00 bits per heavy atom. The summed E-state index contributed by atoms with van der Waals surface area (Å²) in [7, 11) is 6.13. The first-order valence-electron chi connectivity index (χ1n) is 9.55. The van der Waals surface area contributed by atoms with Crippen LogP contribution in [0.3, 0.4) is 0 Å². The summed E-state index contributed by atoms with van der Waals surface area (Å²) in [6.07, 6.45) is 0. The Morgan fingerprint density at radius 3 is 2.41 bits per heavy atom. The van der Waals surface area contributed by atoms with Crippen LogP contribution in [0.2, 0.25) is 0 Å². The molecule has 3 heterocycles. The Labute approximate surface area is 174 Å². The van der Waals surface area contributed by atoms with E-state index in [0.717, 1.165) is 38.9 Å². The maximum absolute atomic E-state index is 5.36. The maximum Gasteiger partial charge on any atom is 0.146 e. The third-order valence-electron chi connectivity index (χ3n) is 4.94. The van der Waals surface area contributed by atoms with Crippen LogP contribution in [0.5, 0.6) is 0 Å². The zero-order valence-electron chi connectivity index (χ0n) is 17.4. The highest BCUT2D eigenvalue weighted by atomic mass is 32.1. The number of nitrogens with zero attached hydrogens (tertiary/aromatic N) is 5. The molecule has 0 fully saturated rings. The summed E-state index contributed by atoms with van der Waals surface area (Å²) < 4.78 is 5.36. The van der Waals surface area contributed by atoms with Crippen LogP contribution >= 0.6 is 11.3 Å². The second kappa shape index (κ2) is 7.93. The van der Waals surface area contributed by atoms with Gasteiger partial charge in [0.25, 0.3) is 0 Å². The lowest BCUT2D eigenvalue weighted by Crippen LogP contribution is -2.21. The lowest BCUT2D eigenvalue weighted by Gasteiger charge is -2.21. The van der Waals surface area contributed by atoms with Gasteiger partial charge in [0.05, 0.1) is 17.6 Å². The molecule has 0 aliphatic carbocycles. The number of anilines is 1. The van der Waals surface area contributed by atoms with Crippen molar-refractivity contribution in [1.82, 2.24) is 20.0 Å². The molecule has 7 heteroatoms. The fraction of sp³-hybridized carbons (Fsp3) is 0.318. The van der Waals surface area contributed by atoms with Crippen LogP contribution in [0.4, 0.5) is 5.82 Å². The Kier molecular flexibility index (Phi) is 5.34. The van der Waals surface area contributed by atoms with E-state index >= 15 is 0 Å². The molecule has 0 aliphatic rings. The van der Waals surface area contributed by atoms with E-state index in [9.17, 15) is 0 Å². The van der Waals surface area contributed by atoms with Crippen molar-refractivity contribution in [3.63, 3.8) is 0 Å². The molecule has 0 atom stereocenters. The van der Waals surface area contributed by atoms with Gasteiger partial charge in [-0.25, -0.2) is 9.97 Å². The molecule has 0 saturated carbocycles. The largest absolute Gasteiger partial charge is 0.361 e. The summed E-state index contributed by atoms with van der Waals surface area (Å²) in [6, 6.07) is 10.4. The normalized spacial score (nSPS) is 11.5. The van der Waals surface area contributed by atoms with Crippen molar-refractivity contribution in [2.45, 2.75) is 26.9 Å². The van der Waals surface area contributed by atoms with Gasteiger partial charge in [-0.1, -0.05) is 35.5 Å². The van der Waals surface area contributed by atoms with Crippen molar-refractivity contribution in [1.29, 1.82) is 0 Å². The lowest BCUT2D eigenvalue weighted by atomic mass is 10.1. The predicted octanol–water partition coefficient (Wildman–Crippen LogP) is 4.66. The van der Waals surface area contributed by atoms with Crippen molar-refractivity contribution in [2.24, 2.45) is 0 Å². The van der Waals surface area contributed by atoms with Crippen LogP contribution in [-0.2, 0) is 13.1 Å². The number of aryl methyl sites for hydroxylation is 2. The van der Waals surface area contributed by atoms with Crippen LogP contribution < -0.4 is 4.90 Å². The van der Waals surface area contributed by atoms with Gasteiger partial charge in [-0.15, -0.1) is 11.3 Å². The molecule has 0 amide bonds. The van der Waals surface area contributed by atoms with Gasteiger partial charge in [-0.2, -0.15) is 0 Å². The number of hydrogen-bond donors (Lipinski definition) is 0. The third kappa shape index (κ3) is 3.88. The van der Waals surface area contributed by atoms with Crippen molar-refractivity contribution in [3.05, 3.63) is 58.6 Å². The maximum atomic E-state index is 5.36. The van der Waals surface area contributed by atoms with Crippen LogP contribution in [0.15, 0.2) is 40.2 Å². The quantitative estimate of drug-likeness (QED) is 0.463. The SMILES string of the molecule is Cc1noc(C)c1CN(C)c1nc(CN(C)C)nc2scc(-c3ccccc3)c12. The molecule has 3 aromatic heterocycles. The van der Waals surface area contributed by atoms with E-state index in [1.54, 1.807) is 11.3 Å². The van der Waals surface area contributed by atoms with E-state index in [2.05, 4.69) is 51.6 Å². The summed E-state index contributed by atoms with van der Waals surface area (Å²) in [4.78, 5) is 15.1. The fourth-order valence-electron chi connectivity index (χ4n) is 3.47. The number of hydrogen-bond acceptors (Lipinski definition) is 7. The summed E-state index contributed by atoms with van der Waals surface area (Å²) in [5.74, 6) is 2.61. The molecular formula is C22H25N5OS. The molecule has 0 unspecified atom stereocenters. The number of thiophene rings is 1. The minimum Gasteiger partial charge on any atom is -0.361 e. The van der Waals surface area contributed by atoms with Gasteiger partial charge in [-0.3, -0.25) is 0 Å². The standard InChI is InChI=1S/C22H25N5OS/c1-14-17(15(2)28-25-14)11-27(5)21-20-18(16-9-7-6-8-10-16)13-29-22(20)24-19(23-21)12-26(3)4/h6-10,13H,11-12H2,1-5H3. The van der Waals surface area contributed by atoms with Crippen LogP contribution in [0.25, 0.3) is 21.3 Å². The fourth-order valence-corrected chi connectivity index (χ4v) is 4.43. The molecule has 0 bridgehead atoms. The number of rotatable bonds is 6. The van der Waals surface area contributed by atoms with Crippen LogP contribution in [0, 0.1) is 13.8 Å². The predicted molar refractivity (Wildman–Crippen MR) is 118 cm³/mol. The van der Waals surface area contributed by atoms with Crippen molar-refractivity contribution in [2.75, 3.05) is 26.0 Å². The van der Waals surface area contributed by atoms with Crippen LogP contribution in [-0.4, -0.2) is 41.2 Å². The molecule has 0 aliphatic heterocycles. The zero-order chi connectivity index (χ0) is 20.5. The van der Waals surface area contributed by atoms with Gasteiger partial charge in [-0.05, 0) is 33.5 Å². The molecule has 0 spiro atoms. The van der Waals surface area contributed by atoms with Crippen molar-refractivity contribution >= 4 is 27.4 Å². The smallest absolute Gasteiger partial charge is 0.146 e. The number of aromatic nitrogens is 3. The Bertz CT molecular complexity index is 1110. The Balaban J connectivity index is 1.85. The highest BCUT2D eigenvalue weighted by molar-refractivity contribution is 7.17. The zero-order valence-corrected chi connectivity index (χ0v) is 18.2. The molecule has 1 aromatic carbocycles. The van der Waals surface area contributed by atoms with E-state index in [0.29, 0.717) is 13.1 Å². The number of fused-ring (bicyclic) bond motifs is 1. The van der Waals surface area contributed by atoms with E-state index in [1.165, 1.54) is 11.1 Å². The van der Waals surface area contributed by atoms with E-state index in [1.807, 2.05) is 34.0 Å². The molecule has 150 valence electrons. The number of benzene rings is 1. The molecule has 4 rings (SSSR count). The molecule has 29 heavy (non-hydrogen) atoms. The lowest BCUT2D eigenvalue weighted by molar-refractivity contribution is 0.391. The highest BCUT2D eigenvalue weighted by Crippen LogP contribution is 2.38. The van der Waals surface area contributed by atoms with E-state index < -0.39 is 0 Å². The monoisotopic (exact) mass is 407 g/mol. The average molecular weight is 408 g/mol. The van der Waals surface area contributed by atoms with Gasteiger partial charge in [0.1, 0.15) is 22.2 Å². The minimum atomic E-state index is 0.679. The van der Waals surface area contributed by atoms with Crippen molar-refractivity contribution in [3.8, 4) is 11.1 Å². The summed E-state index contributed by atoms with van der Waals surface area (Å²) >= 11 is 1.67. The van der Waals surface area contributed by atoms with Gasteiger partial charge >= 0.3 is 0 Å². The average Bonchev–Trinajstić information content (AvgIpc) is 3.26. The highest BCUT2D eigenvalue weighted by Gasteiger charge is 2.20.